The molecule has 2 rings (SSSR count). The molecule has 1 unspecified atom stereocenters. The number of carbonyl (C=O) groups is 2. The van der Waals surface area contributed by atoms with Gasteiger partial charge in [-0.2, -0.15) is 0 Å². The zero-order valence-corrected chi connectivity index (χ0v) is 12.1. The molecular weight excluding hydrogens is 280 g/mol. The first-order valence-electron chi connectivity index (χ1n) is 5.98. The fraction of sp³-hybridized carbons (Fsp3) is 0.385. The van der Waals surface area contributed by atoms with Crippen LogP contribution in [0, 0.1) is 0 Å². The summed E-state index contributed by atoms with van der Waals surface area (Å²) in [5.41, 5.74) is 6.00. The van der Waals surface area contributed by atoms with Crippen molar-refractivity contribution in [3.8, 4) is 11.5 Å². The summed E-state index contributed by atoms with van der Waals surface area (Å²) in [6.45, 7) is -0.100. The highest BCUT2D eigenvalue weighted by molar-refractivity contribution is 8.00. The molecule has 0 saturated carbocycles. The second-order valence-electron chi connectivity index (χ2n) is 4.26. The molecule has 1 saturated heterocycles. The average molecular weight is 296 g/mol. The Bertz CT molecular complexity index is 535. The molecule has 0 spiro atoms. The number of carbonyl (C=O) groups excluding carboxylic acids is 2. The van der Waals surface area contributed by atoms with Crippen molar-refractivity contribution in [2.75, 3.05) is 26.5 Å². The van der Waals surface area contributed by atoms with Gasteiger partial charge in [-0.05, 0) is 18.2 Å². The minimum atomic E-state index is -0.535. The van der Waals surface area contributed by atoms with Gasteiger partial charge in [-0.3, -0.25) is 9.59 Å². The number of hydrogen-bond acceptors (Lipinski definition) is 5. The summed E-state index contributed by atoms with van der Waals surface area (Å²) in [6, 6.07) is 5.37. The molecule has 20 heavy (non-hydrogen) atoms. The lowest BCUT2D eigenvalue weighted by atomic mass is 10.1. The summed E-state index contributed by atoms with van der Waals surface area (Å²) in [7, 11) is 3.13. The highest BCUT2D eigenvalue weighted by atomic mass is 32.2. The highest BCUT2D eigenvalue weighted by Gasteiger charge is 2.35. The smallest absolute Gasteiger partial charge is 0.237 e. The lowest BCUT2D eigenvalue weighted by molar-refractivity contribution is -0.132. The Morgan fingerprint density at radius 1 is 1.45 bits per heavy atom. The van der Waals surface area contributed by atoms with E-state index in [1.165, 1.54) is 16.7 Å². The summed E-state index contributed by atoms with van der Waals surface area (Å²) in [5, 5.41) is -0.292. The predicted octanol–water partition coefficient (Wildman–Crippen LogP) is 0.763. The van der Waals surface area contributed by atoms with Crippen molar-refractivity contribution in [3.05, 3.63) is 23.8 Å². The molecule has 1 atom stereocenters. The van der Waals surface area contributed by atoms with Crippen molar-refractivity contribution < 1.29 is 19.1 Å². The Morgan fingerprint density at radius 2 is 2.20 bits per heavy atom. The lowest BCUT2D eigenvalue weighted by Gasteiger charge is -2.24. The van der Waals surface area contributed by atoms with Crippen molar-refractivity contribution >= 4 is 23.6 Å². The first-order valence-corrected chi connectivity index (χ1v) is 7.03. The lowest BCUT2D eigenvalue weighted by Crippen LogP contribution is -2.36. The van der Waals surface area contributed by atoms with Crippen LogP contribution >= 0.6 is 11.8 Å². The van der Waals surface area contributed by atoms with E-state index < -0.39 is 5.91 Å². The van der Waals surface area contributed by atoms with E-state index in [2.05, 4.69) is 0 Å². The van der Waals surface area contributed by atoms with Crippen LogP contribution in [0.4, 0.5) is 0 Å². The minimum absolute atomic E-state index is 0.100. The van der Waals surface area contributed by atoms with Crippen LogP contribution in [0.25, 0.3) is 0 Å². The molecule has 0 aliphatic carbocycles. The van der Waals surface area contributed by atoms with Crippen molar-refractivity contribution in [3.63, 3.8) is 0 Å². The Hall–Kier alpha value is -1.89. The maximum atomic E-state index is 11.9. The molecule has 7 heteroatoms. The van der Waals surface area contributed by atoms with Crippen molar-refractivity contribution in [1.29, 1.82) is 0 Å². The van der Waals surface area contributed by atoms with Gasteiger partial charge in [0.15, 0.2) is 0 Å². The first-order chi connectivity index (χ1) is 9.56. The second-order valence-corrected chi connectivity index (χ2v) is 5.33. The molecule has 1 aromatic rings. The van der Waals surface area contributed by atoms with Gasteiger partial charge >= 0.3 is 0 Å². The third kappa shape index (κ3) is 2.82. The fourth-order valence-electron chi connectivity index (χ4n) is 2.08. The largest absolute Gasteiger partial charge is 0.497 e. The van der Waals surface area contributed by atoms with Crippen molar-refractivity contribution in [2.24, 2.45) is 5.73 Å². The highest BCUT2D eigenvalue weighted by Crippen LogP contribution is 2.43. The number of benzene rings is 1. The molecule has 6 nitrogen and oxygen atoms in total. The molecule has 2 amide bonds. The van der Waals surface area contributed by atoms with Crippen LogP contribution in [0.5, 0.6) is 11.5 Å². The van der Waals surface area contributed by atoms with Crippen molar-refractivity contribution in [1.82, 2.24) is 4.90 Å². The second kappa shape index (κ2) is 6.04. The summed E-state index contributed by atoms with van der Waals surface area (Å²) in [4.78, 5) is 24.5. The molecule has 0 bridgehead atoms. The number of hydrogen-bond donors (Lipinski definition) is 1. The van der Waals surface area contributed by atoms with Crippen molar-refractivity contribution in [2.45, 2.75) is 5.37 Å². The Morgan fingerprint density at radius 3 is 2.80 bits per heavy atom. The maximum Gasteiger partial charge on any atom is 0.237 e. The van der Waals surface area contributed by atoms with E-state index in [-0.39, 0.29) is 17.8 Å². The number of primary amides is 1. The molecule has 1 fully saturated rings. The zero-order valence-electron chi connectivity index (χ0n) is 11.3. The maximum absolute atomic E-state index is 11.9. The van der Waals surface area contributed by atoms with Crippen LogP contribution in [0.1, 0.15) is 10.9 Å². The van der Waals surface area contributed by atoms with Gasteiger partial charge in [0.1, 0.15) is 23.4 Å². The van der Waals surface area contributed by atoms with Gasteiger partial charge in [-0.15, -0.1) is 11.8 Å². The third-order valence-electron chi connectivity index (χ3n) is 3.00. The Labute approximate surface area is 121 Å². The standard InChI is InChI=1S/C13H16N2O4S/c1-18-8-3-4-10(19-2)9(5-8)13-15(6-11(14)16)12(17)7-20-13/h3-5,13H,6-7H2,1-2H3,(H2,14,16). The summed E-state index contributed by atoms with van der Waals surface area (Å²) in [6.07, 6.45) is 0. The first kappa shape index (κ1) is 14.5. The molecule has 1 heterocycles. The number of nitrogens with zero attached hydrogens (tertiary/aromatic N) is 1. The van der Waals surface area contributed by atoms with Crippen LogP contribution in [0.3, 0.4) is 0 Å². The van der Waals surface area contributed by atoms with Gasteiger partial charge in [0.25, 0.3) is 0 Å². The van der Waals surface area contributed by atoms with Crippen LogP contribution in [0.15, 0.2) is 18.2 Å². The molecule has 1 aromatic carbocycles. The quantitative estimate of drug-likeness (QED) is 0.867. The van der Waals surface area contributed by atoms with Gasteiger partial charge in [0.2, 0.25) is 11.8 Å². The van der Waals surface area contributed by atoms with Crippen LogP contribution in [-0.2, 0) is 9.59 Å². The number of thioether (sulfide) groups is 1. The molecule has 2 N–H and O–H groups in total. The Balaban J connectivity index is 2.37. The number of nitrogens with two attached hydrogens (primary N) is 1. The average Bonchev–Trinajstić information content (AvgIpc) is 2.79. The molecule has 0 radical (unpaired) electrons. The fourth-order valence-corrected chi connectivity index (χ4v) is 3.29. The van der Waals surface area contributed by atoms with Crippen LogP contribution < -0.4 is 15.2 Å². The van der Waals surface area contributed by atoms with Gasteiger partial charge in [-0.25, -0.2) is 0 Å². The van der Waals surface area contributed by atoms with E-state index in [4.69, 9.17) is 15.2 Å². The molecular formula is C13H16N2O4S. The van der Waals surface area contributed by atoms with Gasteiger partial charge in [0, 0.05) is 5.56 Å². The number of rotatable bonds is 5. The van der Waals surface area contributed by atoms with E-state index in [0.717, 1.165) is 5.56 Å². The predicted molar refractivity (Wildman–Crippen MR) is 75.7 cm³/mol. The number of methoxy groups -OCH3 is 2. The van der Waals surface area contributed by atoms with E-state index >= 15 is 0 Å². The van der Waals surface area contributed by atoms with Gasteiger partial charge in [-0.1, -0.05) is 0 Å². The molecule has 1 aliphatic rings. The monoisotopic (exact) mass is 296 g/mol. The number of amides is 2. The topological polar surface area (TPSA) is 81.9 Å². The molecule has 108 valence electrons. The molecule has 1 aliphatic heterocycles. The summed E-state index contributed by atoms with van der Waals surface area (Å²) >= 11 is 1.44. The minimum Gasteiger partial charge on any atom is -0.497 e. The third-order valence-corrected chi connectivity index (χ3v) is 4.23. The SMILES string of the molecule is COc1ccc(OC)c(C2SCC(=O)N2CC(N)=O)c1. The van der Waals surface area contributed by atoms with Gasteiger partial charge < -0.3 is 20.1 Å². The van der Waals surface area contributed by atoms with Gasteiger partial charge in [0.05, 0.1) is 20.0 Å². The summed E-state index contributed by atoms with van der Waals surface area (Å²) in [5.74, 6) is 0.988. The zero-order chi connectivity index (χ0) is 14.7. The normalized spacial score (nSPS) is 18.2. The van der Waals surface area contributed by atoms with E-state index in [9.17, 15) is 9.59 Å². The van der Waals surface area contributed by atoms with Crippen LogP contribution in [-0.4, -0.2) is 43.2 Å². The van der Waals surface area contributed by atoms with Crippen LogP contribution in [0.2, 0.25) is 0 Å². The summed E-state index contributed by atoms with van der Waals surface area (Å²) < 4.78 is 10.5. The Kier molecular flexibility index (Phi) is 4.39. The molecule has 0 aromatic heterocycles. The number of ether oxygens (including phenoxy) is 2. The van der Waals surface area contributed by atoms with E-state index in [0.29, 0.717) is 17.3 Å². The van der Waals surface area contributed by atoms with E-state index in [1.54, 1.807) is 26.4 Å². The van der Waals surface area contributed by atoms with E-state index in [1.807, 2.05) is 6.07 Å².